The maximum atomic E-state index is 13.8. The molecule has 2 N–H and O–H groups in total. The van der Waals surface area contributed by atoms with Gasteiger partial charge in [-0.1, -0.05) is 49.1 Å². The van der Waals surface area contributed by atoms with Crippen LogP contribution in [0.25, 0.3) is 0 Å². The van der Waals surface area contributed by atoms with E-state index in [0.29, 0.717) is 11.1 Å². The molecule has 2 aromatic carbocycles. The molecule has 0 spiro atoms. The van der Waals surface area contributed by atoms with Gasteiger partial charge in [-0.15, -0.1) is 0 Å². The highest BCUT2D eigenvalue weighted by Gasteiger charge is 2.19. The number of rotatable bonds is 7. The molecule has 0 radical (unpaired) electrons. The highest BCUT2D eigenvalue weighted by atomic mass is 35.5. The zero-order valence-electron chi connectivity index (χ0n) is 16.2. The first kappa shape index (κ1) is 20.6. The number of benzene rings is 2. The number of para-hydroxylation sites is 1. The molecule has 0 aromatic heterocycles. The van der Waals surface area contributed by atoms with Crippen LogP contribution in [0.15, 0.2) is 42.5 Å². The quantitative estimate of drug-likeness (QED) is 0.659. The third kappa shape index (κ3) is 5.69. The van der Waals surface area contributed by atoms with Crippen molar-refractivity contribution in [1.82, 2.24) is 4.90 Å². The third-order valence-corrected chi connectivity index (χ3v) is 5.51. The average molecular weight is 404 g/mol. The Labute approximate surface area is 171 Å². The molecule has 1 aliphatic carbocycles. The molecule has 1 saturated carbocycles. The van der Waals surface area contributed by atoms with E-state index in [2.05, 4.69) is 28.6 Å². The van der Waals surface area contributed by atoms with Gasteiger partial charge in [0.25, 0.3) is 0 Å². The summed E-state index contributed by atoms with van der Waals surface area (Å²) in [6.45, 7) is 0.896. The number of hydrogen-bond acceptors (Lipinski definition) is 3. The van der Waals surface area contributed by atoms with Crippen molar-refractivity contribution < 1.29 is 9.18 Å². The van der Waals surface area contributed by atoms with Crippen LogP contribution in [0.5, 0.6) is 0 Å². The molecule has 4 nitrogen and oxygen atoms in total. The van der Waals surface area contributed by atoms with Crippen LogP contribution in [0.1, 0.15) is 37.7 Å². The zero-order valence-corrected chi connectivity index (χ0v) is 16.9. The van der Waals surface area contributed by atoms with E-state index in [4.69, 9.17) is 11.6 Å². The molecular weight excluding hydrogens is 377 g/mol. The Bertz CT molecular complexity index is 808. The second-order valence-electron chi connectivity index (χ2n) is 7.39. The minimum atomic E-state index is -0.546. The molecule has 0 saturated heterocycles. The zero-order chi connectivity index (χ0) is 19.9. The minimum Gasteiger partial charge on any atom is -0.376 e. The molecule has 28 heavy (non-hydrogen) atoms. The normalized spacial score (nSPS) is 14.9. The molecule has 0 bridgehead atoms. The van der Waals surface area contributed by atoms with Crippen molar-refractivity contribution in [3.63, 3.8) is 0 Å². The van der Waals surface area contributed by atoms with E-state index >= 15 is 0 Å². The van der Waals surface area contributed by atoms with Crippen molar-refractivity contribution in [1.29, 1.82) is 0 Å². The van der Waals surface area contributed by atoms with Crippen LogP contribution in [0.3, 0.4) is 0 Å². The van der Waals surface area contributed by atoms with Gasteiger partial charge in [0.15, 0.2) is 0 Å². The number of carbonyl (C=O) groups is 1. The summed E-state index contributed by atoms with van der Waals surface area (Å²) >= 11 is 5.74. The summed E-state index contributed by atoms with van der Waals surface area (Å²) in [6, 6.07) is 12.8. The van der Waals surface area contributed by atoms with Crippen LogP contribution in [-0.4, -0.2) is 30.4 Å². The standard InChI is InChI=1S/C22H27ClFN3O/c1-27(18-8-3-2-4-9-18)15-16-7-5-6-10-20(16)25-14-22(28)26-21-12-11-17(23)13-19(21)24/h5-7,10-13,18,25H,2-4,8-9,14-15H2,1H3,(H,26,28). The van der Waals surface area contributed by atoms with E-state index in [0.717, 1.165) is 17.8 Å². The lowest BCUT2D eigenvalue weighted by Crippen LogP contribution is -2.33. The Morgan fingerprint density at radius 2 is 1.89 bits per heavy atom. The Kier molecular flexibility index (Phi) is 7.29. The lowest BCUT2D eigenvalue weighted by molar-refractivity contribution is -0.114. The number of carbonyl (C=O) groups excluding carboxylic acids is 1. The Balaban J connectivity index is 1.57. The molecule has 1 amide bonds. The fourth-order valence-electron chi connectivity index (χ4n) is 3.71. The van der Waals surface area contributed by atoms with Crippen LogP contribution in [0, 0.1) is 5.82 Å². The van der Waals surface area contributed by atoms with Gasteiger partial charge in [-0.05, 0) is 49.7 Å². The van der Waals surface area contributed by atoms with E-state index in [1.165, 1.54) is 44.2 Å². The lowest BCUT2D eigenvalue weighted by atomic mass is 9.94. The molecule has 6 heteroatoms. The first-order chi connectivity index (χ1) is 13.5. The van der Waals surface area contributed by atoms with E-state index < -0.39 is 5.82 Å². The molecule has 0 atom stereocenters. The van der Waals surface area contributed by atoms with Gasteiger partial charge in [-0.2, -0.15) is 0 Å². The van der Waals surface area contributed by atoms with Crippen molar-refractivity contribution in [2.24, 2.45) is 0 Å². The number of hydrogen-bond donors (Lipinski definition) is 2. The third-order valence-electron chi connectivity index (χ3n) is 5.28. The summed E-state index contributed by atoms with van der Waals surface area (Å²) in [4.78, 5) is 14.6. The van der Waals surface area contributed by atoms with Crippen molar-refractivity contribution >= 4 is 28.9 Å². The largest absolute Gasteiger partial charge is 0.376 e. The molecule has 3 rings (SSSR count). The summed E-state index contributed by atoms with van der Waals surface area (Å²) in [5, 5.41) is 6.06. The van der Waals surface area contributed by atoms with Crippen molar-refractivity contribution in [3.05, 3.63) is 58.9 Å². The van der Waals surface area contributed by atoms with Crippen LogP contribution in [0.2, 0.25) is 5.02 Å². The van der Waals surface area contributed by atoms with Gasteiger partial charge in [-0.25, -0.2) is 4.39 Å². The highest BCUT2D eigenvalue weighted by Crippen LogP contribution is 2.25. The van der Waals surface area contributed by atoms with Gasteiger partial charge in [0.2, 0.25) is 5.91 Å². The van der Waals surface area contributed by atoms with Crippen LogP contribution in [-0.2, 0) is 11.3 Å². The molecule has 0 unspecified atom stereocenters. The number of halogens is 2. The fraction of sp³-hybridized carbons (Fsp3) is 0.409. The fourth-order valence-corrected chi connectivity index (χ4v) is 3.87. The first-order valence-electron chi connectivity index (χ1n) is 9.80. The maximum Gasteiger partial charge on any atom is 0.243 e. The minimum absolute atomic E-state index is 0.0617. The molecule has 1 fully saturated rings. The van der Waals surface area contributed by atoms with Gasteiger partial charge < -0.3 is 10.6 Å². The van der Waals surface area contributed by atoms with Crippen LogP contribution in [0.4, 0.5) is 15.8 Å². The smallest absolute Gasteiger partial charge is 0.243 e. The van der Waals surface area contributed by atoms with Crippen molar-refractivity contribution in [3.8, 4) is 0 Å². The van der Waals surface area contributed by atoms with Gasteiger partial charge in [0, 0.05) is 23.3 Å². The lowest BCUT2D eigenvalue weighted by Gasteiger charge is -2.31. The highest BCUT2D eigenvalue weighted by molar-refractivity contribution is 6.30. The van der Waals surface area contributed by atoms with Gasteiger partial charge in [-0.3, -0.25) is 9.69 Å². The molecule has 0 aliphatic heterocycles. The van der Waals surface area contributed by atoms with E-state index in [9.17, 15) is 9.18 Å². The van der Waals surface area contributed by atoms with Gasteiger partial charge >= 0.3 is 0 Å². The Morgan fingerprint density at radius 3 is 2.64 bits per heavy atom. The second-order valence-corrected chi connectivity index (χ2v) is 7.83. The Hall–Kier alpha value is -2.11. The van der Waals surface area contributed by atoms with Crippen LogP contribution < -0.4 is 10.6 Å². The molecule has 1 aliphatic rings. The molecular formula is C22H27ClFN3O. The first-order valence-corrected chi connectivity index (χ1v) is 10.2. The summed E-state index contributed by atoms with van der Waals surface area (Å²) in [6.07, 6.45) is 6.45. The number of amides is 1. The summed E-state index contributed by atoms with van der Waals surface area (Å²) in [5.41, 5.74) is 2.21. The predicted octanol–water partition coefficient (Wildman–Crippen LogP) is 5.29. The average Bonchev–Trinajstić information content (AvgIpc) is 2.70. The SMILES string of the molecule is CN(Cc1ccccc1NCC(=O)Nc1ccc(Cl)cc1F)C1CCCCC1. The van der Waals surface area contributed by atoms with E-state index in [1.807, 2.05) is 18.2 Å². The summed E-state index contributed by atoms with van der Waals surface area (Å²) in [5.74, 6) is -0.855. The number of anilines is 2. The monoisotopic (exact) mass is 403 g/mol. The second kappa shape index (κ2) is 9.89. The topological polar surface area (TPSA) is 44.4 Å². The molecule has 0 heterocycles. The number of nitrogens with zero attached hydrogens (tertiary/aromatic N) is 1. The summed E-state index contributed by atoms with van der Waals surface area (Å²) < 4.78 is 13.8. The van der Waals surface area contributed by atoms with E-state index in [1.54, 1.807) is 6.07 Å². The summed E-state index contributed by atoms with van der Waals surface area (Å²) in [7, 11) is 2.17. The molecule has 2 aromatic rings. The van der Waals surface area contributed by atoms with Crippen LogP contribution >= 0.6 is 11.6 Å². The van der Waals surface area contributed by atoms with Gasteiger partial charge in [0.1, 0.15) is 5.82 Å². The van der Waals surface area contributed by atoms with Crippen molar-refractivity contribution in [2.45, 2.75) is 44.7 Å². The Morgan fingerprint density at radius 1 is 1.14 bits per heavy atom. The van der Waals surface area contributed by atoms with Crippen molar-refractivity contribution in [2.75, 3.05) is 24.2 Å². The molecule has 150 valence electrons. The van der Waals surface area contributed by atoms with Gasteiger partial charge in [0.05, 0.1) is 12.2 Å². The van der Waals surface area contributed by atoms with E-state index in [-0.39, 0.29) is 18.1 Å². The predicted molar refractivity (Wildman–Crippen MR) is 113 cm³/mol. The number of nitrogens with one attached hydrogen (secondary N) is 2. The maximum absolute atomic E-state index is 13.8.